The number of hydrogen-bond donors (Lipinski definition) is 0. The van der Waals surface area contributed by atoms with Crippen molar-refractivity contribution in [1.29, 1.82) is 0 Å². The largest absolute Gasteiger partial charge is 0.299 e. The molecular weight excluding hydrogens is 160 g/mol. The van der Waals surface area contributed by atoms with E-state index in [4.69, 9.17) is 0 Å². The Morgan fingerprint density at radius 2 is 2.15 bits per heavy atom. The number of rotatable bonds is 3. The topological polar surface area (TPSA) is 17.1 Å². The summed E-state index contributed by atoms with van der Waals surface area (Å²) in [6.07, 6.45) is 6.12. The second-order valence-corrected chi connectivity index (χ2v) is 5.25. The highest BCUT2D eigenvalue weighted by Gasteiger charge is 2.48. The van der Waals surface area contributed by atoms with Gasteiger partial charge in [-0.05, 0) is 37.5 Å². The standard InChI is InChI=1S/C12H20O/c1-8(2)3-4-9-5-6-10-7-11(10)12(9)13/h8-11H,3-7H2,1-2H3. The van der Waals surface area contributed by atoms with Gasteiger partial charge in [0.2, 0.25) is 0 Å². The van der Waals surface area contributed by atoms with E-state index >= 15 is 0 Å². The smallest absolute Gasteiger partial charge is 0.139 e. The number of carbonyl (C=O) groups is 1. The van der Waals surface area contributed by atoms with Gasteiger partial charge in [-0.15, -0.1) is 0 Å². The fourth-order valence-electron chi connectivity index (χ4n) is 2.60. The average molecular weight is 180 g/mol. The Morgan fingerprint density at radius 1 is 1.38 bits per heavy atom. The van der Waals surface area contributed by atoms with Crippen LogP contribution in [-0.2, 0) is 4.79 Å². The Labute approximate surface area is 80.9 Å². The minimum absolute atomic E-state index is 0.436. The first-order valence-electron chi connectivity index (χ1n) is 5.72. The van der Waals surface area contributed by atoms with Crippen LogP contribution in [0.1, 0.15) is 46.0 Å². The SMILES string of the molecule is CC(C)CCC1CCC2CC2C1=O. The molecule has 2 fully saturated rings. The molecule has 13 heavy (non-hydrogen) atoms. The Bertz CT molecular complexity index is 207. The maximum Gasteiger partial charge on any atom is 0.139 e. The van der Waals surface area contributed by atoms with Crippen LogP contribution in [0.3, 0.4) is 0 Å². The van der Waals surface area contributed by atoms with Crippen LogP contribution in [0.5, 0.6) is 0 Å². The first-order chi connectivity index (χ1) is 6.18. The number of Topliss-reactive ketones (excluding diaryl/α,β-unsaturated/α-hetero) is 1. The molecule has 0 heterocycles. The molecule has 0 aromatic carbocycles. The number of fused-ring (bicyclic) bond motifs is 1. The second kappa shape index (κ2) is 3.43. The lowest BCUT2D eigenvalue weighted by Gasteiger charge is -2.20. The molecule has 0 N–H and O–H groups in total. The summed E-state index contributed by atoms with van der Waals surface area (Å²) < 4.78 is 0. The molecule has 0 aliphatic heterocycles. The van der Waals surface area contributed by atoms with E-state index in [2.05, 4.69) is 13.8 Å². The van der Waals surface area contributed by atoms with Gasteiger partial charge in [0.15, 0.2) is 0 Å². The van der Waals surface area contributed by atoms with Gasteiger partial charge in [0.1, 0.15) is 5.78 Å². The fraction of sp³-hybridized carbons (Fsp3) is 0.917. The minimum atomic E-state index is 0.436. The van der Waals surface area contributed by atoms with Crippen LogP contribution >= 0.6 is 0 Å². The molecule has 3 unspecified atom stereocenters. The maximum atomic E-state index is 11.8. The Morgan fingerprint density at radius 3 is 2.85 bits per heavy atom. The van der Waals surface area contributed by atoms with Crippen LogP contribution in [0, 0.1) is 23.7 Å². The summed E-state index contributed by atoms with van der Waals surface area (Å²) in [7, 11) is 0. The van der Waals surface area contributed by atoms with E-state index in [0.29, 0.717) is 17.6 Å². The summed E-state index contributed by atoms with van der Waals surface area (Å²) in [5, 5.41) is 0. The summed E-state index contributed by atoms with van der Waals surface area (Å²) in [5.74, 6) is 3.11. The molecule has 74 valence electrons. The van der Waals surface area contributed by atoms with Crippen LogP contribution in [0.15, 0.2) is 0 Å². The molecule has 0 spiro atoms. The van der Waals surface area contributed by atoms with Crippen molar-refractivity contribution >= 4 is 5.78 Å². The molecule has 2 saturated carbocycles. The van der Waals surface area contributed by atoms with Crippen molar-refractivity contribution in [1.82, 2.24) is 0 Å². The van der Waals surface area contributed by atoms with Gasteiger partial charge in [-0.25, -0.2) is 0 Å². The van der Waals surface area contributed by atoms with E-state index in [-0.39, 0.29) is 0 Å². The Balaban J connectivity index is 1.81. The first kappa shape index (κ1) is 9.23. The van der Waals surface area contributed by atoms with Gasteiger partial charge in [0, 0.05) is 11.8 Å². The molecule has 0 radical (unpaired) electrons. The summed E-state index contributed by atoms with van der Waals surface area (Å²) in [6.45, 7) is 4.49. The molecule has 1 nitrogen and oxygen atoms in total. The molecule has 2 rings (SSSR count). The maximum absolute atomic E-state index is 11.8. The zero-order valence-electron chi connectivity index (χ0n) is 8.75. The predicted octanol–water partition coefficient (Wildman–Crippen LogP) is 3.04. The number of hydrogen-bond acceptors (Lipinski definition) is 1. The number of carbonyl (C=O) groups excluding carboxylic acids is 1. The summed E-state index contributed by atoms with van der Waals surface area (Å²) in [4.78, 5) is 11.8. The highest BCUT2D eigenvalue weighted by atomic mass is 16.1. The predicted molar refractivity (Wildman–Crippen MR) is 53.4 cm³/mol. The van der Waals surface area contributed by atoms with Crippen LogP contribution in [0.25, 0.3) is 0 Å². The number of ketones is 1. The van der Waals surface area contributed by atoms with Crippen LogP contribution in [-0.4, -0.2) is 5.78 Å². The lowest BCUT2D eigenvalue weighted by Crippen LogP contribution is -2.22. The molecule has 2 aliphatic rings. The van der Waals surface area contributed by atoms with Crippen LogP contribution in [0.2, 0.25) is 0 Å². The second-order valence-electron chi connectivity index (χ2n) is 5.25. The zero-order chi connectivity index (χ0) is 9.42. The molecule has 0 saturated heterocycles. The van der Waals surface area contributed by atoms with Crippen LogP contribution < -0.4 is 0 Å². The van der Waals surface area contributed by atoms with Crippen molar-refractivity contribution in [3.05, 3.63) is 0 Å². The van der Waals surface area contributed by atoms with Crippen molar-refractivity contribution in [3.8, 4) is 0 Å². The highest BCUT2D eigenvalue weighted by Crippen LogP contribution is 2.50. The molecule has 2 aliphatic carbocycles. The van der Waals surface area contributed by atoms with Gasteiger partial charge in [0.05, 0.1) is 0 Å². The van der Waals surface area contributed by atoms with Gasteiger partial charge >= 0.3 is 0 Å². The fourth-order valence-corrected chi connectivity index (χ4v) is 2.60. The third-order valence-corrected chi connectivity index (χ3v) is 3.67. The molecule has 3 atom stereocenters. The molecule has 0 aromatic rings. The quantitative estimate of drug-likeness (QED) is 0.652. The third-order valence-electron chi connectivity index (χ3n) is 3.67. The molecular formula is C12H20O. The van der Waals surface area contributed by atoms with Crippen molar-refractivity contribution in [2.24, 2.45) is 23.7 Å². The highest BCUT2D eigenvalue weighted by molar-refractivity contribution is 5.86. The van der Waals surface area contributed by atoms with Gasteiger partial charge in [-0.2, -0.15) is 0 Å². The monoisotopic (exact) mass is 180 g/mol. The van der Waals surface area contributed by atoms with Gasteiger partial charge in [-0.1, -0.05) is 20.3 Å². The average Bonchev–Trinajstić information content (AvgIpc) is 2.82. The lowest BCUT2D eigenvalue weighted by atomic mass is 9.83. The van der Waals surface area contributed by atoms with Gasteiger partial charge in [0.25, 0.3) is 0 Å². The minimum Gasteiger partial charge on any atom is -0.299 e. The van der Waals surface area contributed by atoms with E-state index in [1.54, 1.807) is 0 Å². The van der Waals surface area contributed by atoms with Crippen molar-refractivity contribution in [2.45, 2.75) is 46.0 Å². The molecule has 1 heteroatoms. The Hall–Kier alpha value is -0.330. The van der Waals surface area contributed by atoms with E-state index < -0.39 is 0 Å². The van der Waals surface area contributed by atoms with Crippen molar-refractivity contribution in [2.75, 3.05) is 0 Å². The van der Waals surface area contributed by atoms with Gasteiger partial charge in [-0.3, -0.25) is 4.79 Å². The zero-order valence-corrected chi connectivity index (χ0v) is 8.75. The third kappa shape index (κ3) is 1.95. The van der Waals surface area contributed by atoms with E-state index in [0.717, 1.165) is 18.3 Å². The van der Waals surface area contributed by atoms with E-state index in [1.165, 1.54) is 25.7 Å². The Kier molecular flexibility index (Phi) is 2.44. The van der Waals surface area contributed by atoms with Crippen LogP contribution in [0.4, 0.5) is 0 Å². The van der Waals surface area contributed by atoms with Gasteiger partial charge < -0.3 is 0 Å². The van der Waals surface area contributed by atoms with Crippen molar-refractivity contribution < 1.29 is 4.79 Å². The normalized spacial score (nSPS) is 37.8. The summed E-state index contributed by atoms with van der Waals surface area (Å²) >= 11 is 0. The van der Waals surface area contributed by atoms with E-state index in [1.807, 2.05) is 0 Å². The molecule has 0 amide bonds. The molecule has 0 bridgehead atoms. The van der Waals surface area contributed by atoms with Crippen molar-refractivity contribution in [3.63, 3.8) is 0 Å². The molecule has 0 aromatic heterocycles. The van der Waals surface area contributed by atoms with E-state index in [9.17, 15) is 4.79 Å². The lowest BCUT2D eigenvalue weighted by molar-refractivity contribution is -0.126. The summed E-state index contributed by atoms with van der Waals surface area (Å²) in [6, 6.07) is 0. The first-order valence-corrected chi connectivity index (χ1v) is 5.72. The summed E-state index contributed by atoms with van der Waals surface area (Å²) in [5.41, 5.74) is 0.